The molecule has 0 radical (unpaired) electrons. The zero-order valence-electron chi connectivity index (χ0n) is 9.36. The van der Waals surface area contributed by atoms with E-state index in [4.69, 9.17) is 5.11 Å². The molecule has 0 aromatic heterocycles. The van der Waals surface area contributed by atoms with Gasteiger partial charge >= 0.3 is 5.97 Å². The lowest BCUT2D eigenvalue weighted by Gasteiger charge is -2.40. The Morgan fingerprint density at radius 3 is 2.53 bits per heavy atom. The van der Waals surface area contributed by atoms with Crippen LogP contribution in [0.2, 0.25) is 0 Å². The summed E-state index contributed by atoms with van der Waals surface area (Å²) < 4.78 is 0. The van der Waals surface area contributed by atoms with E-state index in [0.29, 0.717) is 6.04 Å². The lowest BCUT2D eigenvalue weighted by atomic mass is 10.0. The van der Waals surface area contributed by atoms with E-state index >= 15 is 0 Å². The van der Waals surface area contributed by atoms with Gasteiger partial charge in [0.1, 0.15) is 0 Å². The summed E-state index contributed by atoms with van der Waals surface area (Å²) in [7, 11) is 0. The van der Waals surface area contributed by atoms with E-state index in [0.717, 1.165) is 26.1 Å². The predicted molar refractivity (Wildman–Crippen MR) is 56.8 cm³/mol. The summed E-state index contributed by atoms with van der Waals surface area (Å²) in [5.74, 6) is -1.16. The number of hydrogen-bond donors (Lipinski definition) is 3. The summed E-state index contributed by atoms with van der Waals surface area (Å²) in [6.45, 7) is 6.20. The molecule has 0 spiro atoms. The van der Waals surface area contributed by atoms with Crippen LogP contribution >= 0.6 is 0 Å². The van der Waals surface area contributed by atoms with E-state index in [1.807, 2.05) is 4.90 Å². The summed E-state index contributed by atoms with van der Waals surface area (Å²) in [6, 6.07) is 0.371. The molecule has 1 aliphatic rings. The van der Waals surface area contributed by atoms with Gasteiger partial charge in [-0.3, -0.25) is 4.90 Å². The van der Waals surface area contributed by atoms with Crippen molar-refractivity contribution in [2.75, 3.05) is 26.2 Å². The molecule has 1 saturated heterocycles. The molecule has 1 aliphatic heterocycles. The molecule has 0 saturated carbocycles. The van der Waals surface area contributed by atoms with Crippen molar-refractivity contribution in [1.29, 1.82) is 0 Å². The van der Waals surface area contributed by atoms with Crippen LogP contribution < -0.4 is 5.32 Å². The maximum Gasteiger partial charge on any atom is 0.336 e. The normalized spacial score (nSPS) is 21.1. The molecule has 3 N–H and O–H groups in total. The molecule has 1 fully saturated rings. The Hall–Kier alpha value is -0.650. The second-order valence-corrected chi connectivity index (χ2v) is 4.36. The fraction of sp³-hybridized carbons (Fsp3) is 0.900. The van der Waals surface area contributed by atoms with Gasteiger partial charge in [0.15, 0.2) is 5.60 Å². The molecule has 15 heavy (non-hydrogen) atoms. The van der Waals surface area contributed by atoms with Gasteiger partial charge in [-0.25, -0.2) is 4.79 Å². The molecule has 1 heterocycles. The SMILES string of the molecule is CCCN(CC(C)(O)C(=O)O)C1CNC1. The first-order valence-corrected chi connectivity index (χ1v) is 5.38. The highest BCUT2D eigenvalue weighted by molar-refractivity contribution is 5.76. The molecular formula is C10H20N2O3. The molecule has 5 heteroatoms. The molecule has 0 amide bonds. The zero-order chi connectivity index (χ0) is 11.5. The molecule has 88 valence electrons. The van der Waals surface area contributed by atoms with E-state index < -0.39 is 11.6 Å². The van der Waals surface area contributed by atoms with Crippen molar-refractivity contribution in [3.63, 3.8) is 0 Å². The van der Waals surface area contributed by atoms with Gasteiger partial charge in [0, 0.05) is 25.7 Å². The van der Waals surface area contributed by atoms with Crippen LogP contribution in [0.1, 0.15) is 20.3 Å². The van der Waals surface area contributed by atoms with Gasteiger partial charge < -0.3 is 15.5 Å². The Kier molecular flexibility index (Phi) is 4.07. The first-order valence-electron chi connectivity index (χ1n) is 5.38. The Bertz CT molecular complexity index is 227. The number of aliphatic carboxylic acids is 1. The standard InChI is InChI=1S/C10H20N2O3/c1-3-4-12(8-5-11-6-8)7-10(2,15)9(13)14/h8,11,15H,3-7H2,1-2H3,(H,13,14). The van der Waals surface area contributed by atoms with Crippen LogP contribution in [-0.4, -0.2) is 58.9 Å². The third-order valence-electron chi connectivity index (χ3n) is 2.76. The average molecular weight is 216 g/mol. The van der Waals surface area contributed by atoms with Crippen LogP contribution in [0.25, 0.3) is 0 Å². The van der Waals surface area contributed by atoms with E-state index in [2.05, 4.69) is 12.2 Å². The van der Waals surface area contributed by atoms with Crippen LogP contribution in [0.15, 0.2) is 0 Å². The fourth-order valence-electron chi connectivity index (χ4n) is 1.67. The van der Waals surface area contributed by atoms with Gasteiger partial charge in [-0.1, -0.05) is 6.92 Å². The largest absolute Gasteiger partial charge is 0.479 e. The lowest BCUT2D eigenvalue weighted by molar-refractivity contribution is -0.159. The number of aliphatic hydroxyl groups is 1. The minimum Gasteiger partial charge on any atom is -0.479 e. The number of nitrogens with zero attached hydrogens (tertiary/aromatic N) is 1. The third-order valence-corrected chi connectivity index (χ3v) is 2.76. The molecule has 0 aromatic rings. The average Bonchev–Trinajstić information content (AvgIpc) is 1.99. The van der Waals surface area contributed by atoms with Gasteiger partial charge in [0.25, 0.3) is 0 Å². The Labute approximate surface area is 90.1 Å². The molecular weight excluding hydrogens is 196 g/mol. The highest BCUT2D eigenvalue weighted by Gasteiger charge is 2.35. The highest BCUT2D eigenvalue weighted by Crippen LogP contribution is 2.12. The van der Waals surface area contributed by atoms with E-state index in [9.17, 15) is 9.90 Å². The summed E-state index contributed by atoms with van der Waals surface area (Å²) in [4.78, 5) is 12.8. The second kappa shape index (κ2) is 4.92. The minimum atomic E-state index is -1.65. The van der Waals surface area contributed by atoms with E-state index in [1.54, 1.807) is 0 Å². The fourth-order valence-corrected chi connectivity index (χ4v) is 1.67. The molecule has 1 atom stereocenters. The van der Waals surface area contributed by atoms with Crippen molar-refractivity contribution in [2.45, 2.75) is 31.9 Å². The predicted octanol–water partition coefficient (Wildman–Crippen LogP) is -0.494. The second-order valence-electron chi connectivity index (χ2n) is 4.36. The van der Waals surface area contributed by atoms with Crippen LogP contribution in [0.4, 0.5) is 0 Å². The molecule has 0 bridgehead atoms. The van der Waals surface area contributed by atoms with E-state index in [1.165, 1.54) is 6.92 Å². The molecule has 0 aromatic carbocycles. The number of hydrogen-bond acceptors (Lipinski definition) is 4. The van der Waals surface area contributed by atoms with E-state index in [-0.39, 0.29) is 6.54 Å². The quantitative estimate of drug-likeness (QED) is 0.558. The van der Waals surface area contributed by atoms with Gasteiger partial charge in [0.2, 0.25) is 0 Å². The van der Waals surface area contributed by atoms with Crippen LogP contribution in [0, 0.1) is 0 Å². The topological polar surface area (TPSA) is 72.8 Å². The zero-order valence-corrected chi connectivity index (χ0v) is 9.36. The smallest absolute Gasteiger partial charge is 0.336 e. The maximum atomic E-state index is 10.8. The number of nitrogens with one attached hydrogen (secondary N) is 1. The van der Waals surface area contributed by atoms with Crippen molar-refractivity contribution >= 4 is 5.97 Å². The first-order chi connectivity index (χ1) is 6.97. The third kappa shape index (κ3) is 3.15. The summed E-state index contributed by atoms with van der Waals surface area (Å²) in [5, 5.41) is 21.7. The molecule has 1 rings (SSSR count). The molecule has 1 unspecified atom stereocenters. The number of rotatable bonds is 6. The molecule has 5 nitrogen and oxygen atoms in total. The van der Waals surface area contributed by atoms with Crippen LogP contribution in [0.5, 0.6) is 0 Å². The number of carboxylic acid groups (broad SMARTS) is 1. The maximum absolute atomic E-state index is 10.8. The van der Waals surface area contributed by atoms with Gasteiger partial charge in [-0.15, -0.1) is 0 Å². The van der Waals surface area contributed by atoms with Gasteiger partial charge in [-0.05, 0) is 19.9 Å². The van der Waals surface area contributed by atoms with Crippen LogP contribution in [-0.2, 0) is 4.79 Å². The monoisotopic (exact) mass is 216 g/mol. The van der Waals surface area contributed by atoms with Gasteiger partial charge in [-0.2, -0.15) is 0 Å². The van der Waals surface area contributed by atoms with Crippen molar-refractivity contribution in [1.82, 2.24) is 10.2 Å². The first kappa shape index (κ1) is 12.4. The minimum absolute atomic E-state index is 0.197. The number of carboxylic acids is 1. The summed E-state index contributed by atoms with van der Waals surface area (Å²) in [5.41, 5.74) is -1.65. The van der Waals surface area contributed by atoms with Crippen molar-refractivity contribution in [3.8, 4) is 0 Å². The van der Waals surface area contributed by atoms with Crippen molar-refractivity contribution in [2.24, 2.45) is 0 Å². The summed E-state index contributed by atoms with van der Waals surface area (Å²) in [6.07, 6.45) is 0.964. The Balaban J connectivity index is 2.53. The Morgan fingerprint density at radius 1 is 1.60 bits per heavy atom. The van der Waals surface area contributed by atoms with Crippen LogP contribution in [0.3, 0.4) is 0 Å². The number of carbonyl (C=O) groups is 1. The lowest BCUT2D eigenvalue weighted by Crippen LogP contribution is -2.61. The van der Waals surface area contributed by atoms with Crippen molar-refractivity contribution < 1.29 is 15.0 Å². The Morgan fingerprint density at radius 2 is 2.20 bits per heavy atom. The highest BCUT2D eigenvalue weighted by atomic mass is 16.4. The summed E-state index contributed by atoms with van der Waals surface area (Å²) >= 11 is 0. The van der Waals surface area contributed by atoms with Gasteiger partial charge in [0.05, 0.1) is 0 Å². The van der Waals surface area contributed by atoms with Crippen molar-refractivity contribution in [3.05, 3.63) is 0 Å². The molecule has 0 aliphatic carbocycles.